The fourth-order valence-electron chi connectivity index (χ4n) is 1.98. The number of imide groups is 1. The van der Waals surface area contributed by atoms with Crippen LogP contribution in [0.3, 0.4) is 0 Å². The third-order valence-electron chi connectivity index (χ3n) is 3.04. The minimum Gasteiger partial charge on any atom is -0.278 e. The first-order valence-electron chi connectivity index (χ1n) is 5.67. The molecule has 0 spiro atoms. The van der Waals surface area contributed by atoms with Crippen molar-refractivity contribution in [3.63, 3.8) is 0 Å². The van der Waals surface area contributed by atoms with Crippen molar-refractivity contribution in [2.24, 2.45) is 5.92 Å². The third kappa shape index (κ3) is 2.58. The molecule has 2 rings (SSSR count). The minimum atomic E-state index is -0.546. The lowest BCUT2D eigenvalue weighted by Crippen LogP contribution is -2.29. The topological polar surface area (TPSA) is 80.5 Å². The number of amides is 2. The van der Waals surface area contributed by atoms with Crippen LogP contribution in [0.2, 0.25) is 5.02 Å². The first-order chi connectivity index (χ1) is 8.90. The van der Waals surface area contributed by atoms with E-state index in [0.717, 1.165) is 4.90 Å². The predicted molar refractivity (Wildman–Crippen MR) is 67.4 cm³/mol. The van der Waals surface area contributed by atoms with Crippen LogP contribution in [0.1, 0.15) is 18.9 Å². The van der Waals surface area contributed by atoms with E-state index >= 15 is 0 Å². The first kappa shape index (κ1) is 13.5. The molecule has 1 heterocycles. The van der Waals surface area contributed by atoms with Crippen molar-refractivity contribution in [3.8, 4) is 0 Å². The number of hydrogen-bond donors (Lipinski definition) is 0. The van der Waals surface area contributed by atoms with Crippen LogP contribution in [-0.2, 0) is 16.1 Å². The second kappa shape index (κ2) is 4.97. The van der Waals surface area contributed by atoms with Gasteiger partial charge in [-0.15, -0.1) is 0 Å². The van der Waals surface area contributed by atoms with Crippen LogP contribution in [0.4, 0.5) is 5.69 Å². The van der Waals surface area contributed by atoms with Gasteiger partial charge in [0.2, 0.25) is 11.8 Å². The normalized spacial score (nSPS) is 19.1. The molecule has 0 bridgehead atoms. The van der Waals surface area contributed by atoms with Crippen LogP contribution in [0.25, 0.3) is 0 Å². The molecule has 7 heteroatoms. The molecule has 0 saturated carbocycles. The Bertz CT molecular complexity index is 573. The van der Waals surface area contributed by atoms with Gasteiger partial charge in [-0.3, -0.25) is 24.6 Å². The van der Waals surface area contributed by atoms with Crippen LogP contribution >= 0.6 is 11.6 Å². The number of nitrogens with zero attached hydrogens (tertiary/aromatic N) is 2. The Morgan fingerprint density at radius 3 is 2.68 bits per heavy atom. The summed E-state index contributed by atoms with van der Waals surface area (Å²) in [5, 5.41) is 11.0. The number of nitro benzene ring substituents is 1. The summed E-state index contributed by atoms with van der Waals surface area (Å²) in [7, 11) is 0. The second-order valence-corrected chi connectivity index (χ2v) is 4.86. The van der Waals surface area contributed by atoms with Gasteiger partial charge in [0.25, 0.3) is 5.69 Å². The highest BCUT2D eigenvalue weighted by atomic mass is 35.5. The number of halogens is 1. The van der Waals surface area contributed by atoms with E-state index in [1.165, 1.54) is 18.2 Å². The molecule has 1 saturated heterocycles. The molecule has 2 amide bonds. The Labute approximate surface area is 114 Å². The molecule has 0 N–H and O–H groups in total. The summed E-state index contributed by atoms with van der Waals surface area (Å²) in [4.78, 5) is 34.7. The van der Waals surface area contributed by atoms with Crippen molar-refractivity contribution < 1.29 is 14.5 Å². The molecule has 19 heavy (non-hydrogen) atoms. The largest absolute Gasteiger partial charge is 0.278 e. The Balaban J connectivity index is 2.28. The number of rotatable bonds is 3. The monoisotopic (exact) mass is 282 g/mol. The molecular weight excluding hydrogens is 272 g/mol. The summed E-state index contributed by atoms with van der Waals surface area (Å²) < 4.78 is 0. The lowest BCUT2D eigenvalue weighted by molar-refractivity contribution is -0.384. The van der Waals surface area contributed by atoms with Crippen molar-refractivity contribution in [1.82, 2.24) is 4.90 Å². The number of likely N-dealkylation sites (tertiary alicyclic amines) is 1. The van der Waals surface area contributed by atoms with Gasteiger partial charge in [-0.1, -0.05) is 18.5 Å². The summed E-state index contributed by atoms with van der Waals surface area (Å²) in [6, 6.07) is 3.96. The van der Waals surface area contributed by atoms with Gasteiger partial charge >= 0.3 is 0 Å². The molecule has 1 aromatic carbocycles. The molecule has 1 aliphatic rings. The molecule has 0 radical (unpaired) electrons. The number of carbonyl (C=O) groups is 2. The molecule has 1 aromatic rings. The fourth-order valence-corrected chi connectivity index (χ4v) is 2.16. The zero-order chi connectivity index (χ0) is 14.2. The Morgan fingerprint density at radius 1 is 1.47 bits per heavy atom. The number of nitro groups is 1. The number of carbonyl (C=O) groups excluding carboxylic acids is 2. The molecule has 1 fully saturated rings. The highest BCUT2D eigenvalue weighted by molar-refractivity contribution is 6.31. The van der Waals surface area contributed by atoms with E-state index in [1.807, 2.05) is 0 Å². The van der Waals surface area contributed by atoms with Crippen LogP contribution in [0.5, 0.6) is 0 Å². The lowest BCUT2D eigenvalue weighted by Gasteiger charge is -2.15. The van der Waals surface area contributed by atoms with Gasteiger partial charge in [-0.2, -0.15) is 0 Å². The fraction of sp³-hybridized carbons (Fsp3) is 0.333. The quantitative estimate of drug-likeness (QED) is 0.483. The zero-order valence-corrected chi connectivity index (χ0v) is 10.9. The van der Waals surface area contributed by atoms with Gasteiger partial charge in [-0.25, -0.2) is 0 Å². The average molecular weight is 283 g/mol. The van der Waals surface area contributed by atoms with Crippen molar-refractivity contribution in [2.45, 2.75) is 19.9 Å². The standard InChI is InChI=1S/C12H11ClN2O4/c1-7-4-11(16)14(12(7)17)6-8-5-9(15(18)19)2-3-10(8)13/h2-3,5,7H,4,6H2,1H3. The summed E-state index contributed by atoms with van der Waals surface area (Å²) >= 11 is 5.94. The lowest BCUT2D eigenvalue weighted by atomic mass is 10.1. The van der Waals surface area contributed by atoms with E-state index in [1.54, 1.807) is 6.92 Å². The van der Waals surface area contributed by atoms with E-state index in [0.29, 0.717) is 10.6 Å². The van der Waals surface area contributed by atoms with Crippen molar-refractivity contribution in [1.29, 1.82) is 0 Å². The SMILES string of the molecule is CC1CC(=O)N(Cc2cc([N+](=O)[O-])ccc2Cl)C1=O. The first-order valence-corrected chi connectivity index (χ1v) is 6.05. The maximum absolute atomic E-state index is 11.8. The molecule has 1 unspecified atom stereocenters. The minimum absolute atomic E-state index is 0.0253. The van der Waals surface area contributed by atoms with Crippen LogP contribution in [0.15, 0.2) is 18.2 Å². The summed E-state index contributed by atoms with van der Waals surface area (Å²) in [6.45, 7) is 1.65. The van der Waals surface area contributed by atoms with Crippen molar-refractivity contribution in [2.75, 3.05) is 0 Å². The van der Waals surface area contributed by atoms with Crippen LogP contribution < -0.4 is 0 Å². The molecule has 6 nitrogen and oxygen atoms in total. The Kier molecular flexibility index (Phi) is 3.53. The second-order valence-electron chi connectivity index (χ2n) is 4.46. The highest BCUT2D eigenvalue weighted by Crippen LogP contribution is 2.27. The van der Waals surface area contributed by atoms with Gasteiger partial charge in [0, 0.05) is 29.5 Å². The van der Waals surface area contributed by atoms with Gasteiger partial charge in [0.15, 0.2) is 0 Å². The Morgan fingerprint density at radius 2 is 2.16 bits per heavy atom. The molecule has 1 aliphatic heterocycles. The maximum Gasteiger partial charge on any atom is 0.269 e. The van der Waals surface area contributed by atoms with Gasteiger partial charge in [0.05, 0.1) is 11.5 Å². The number of benzene rings is 1. The third-order valence-corrected chi connectivity index (χ3v) is 3.41. The summed E-state index contributed by atoms with van der Waals surface area (Å²) in [5.74, 6) is -0.891. The van der Waals surface area contributed by atoms with Crippen LogP contribution in [0, 0.1) is 16.0 Å². The van der Waals surface area contributed by atoms with E-state index in [2.05, 4.69) is 0 Å². The van der Waals surface area contributed by atoms with Crippen molar-refractivity contribution in [3.05, 3.63) is 38.9 Å². The summed E-state index contributed by atoms with van der Waals surface area (Å²) in [5.41, 5.74) is 0.276. The predicted octanol–water partition coefficient (Wildman–Crippen LogP) is 2.14. The van der Waals surface area contributed by atoms with Gasteiger partial charge < -0.3 is 0 Å². The zero-order valence-electron chi connectivity index (χ0n) is 10.1. The van der Waals surface area contributed by atoms with E-state index < -0.39 is 4.92 Å². The smallest absolute Gasteiger partial charge is 0.269 e. The van der Waals surface area contributed by atoms with Crippen LogP contribution in [-0.4, -0.2) is 21.6 Å². The summed E-state index contributed by atoms with van der Waals surface area (Å²) in [6.07, 6.45) is 0.172. The van der Waals surface area contributed by atoms with E-state index in [-0.39, 0.29) is 36.4 Å². The van der Waals surface area contributed by atoms with Crippen molar-refractivity contribution >= 4 is 29.1 Å². The molecule has 0 aliphatic carbocycles. The number of hydrogen-bond acceptors (Lipinski definition) is 4. The van der Waals surface area contributed by atoms with Gasteiger partial charge in [0.1, 0.15) is 0 Å². The number of non-ortho nitro benzene ring substituents is 1. The molecule has 1 atom stereocenters. The maximum atomic E-state index is 11.8. The van der Waals surface area contributed by atoms with Gasteiger partial charge in [-0.05, 0) is 11.6 Å². The van der Waals surface area contributed by atoms with E-state index in [9.17, 15) is 19.7 Å². The molecular formula is C12H11ClN2O4. The van der Waals surface area contributed by atoms with E-state index in [4.69, 9.17) is 11.6 Å². The molecule has 100 valence electrons. The highest BCUT2D eigenvalue weighted by Gasteiger charge is 2.35. The average Bonchev–Trinajstić information content (AvgIpc) is 2.58. The molecule has 0 aromatic heterocycles. The Hall–Kier alpha value is -1.95.